The van der Waals surface area contributed by atoms with E-state index in [0.29, 0.717) is 24.9 Å². The number of hydrogen-bond donors (Lipinski definition) is 1. The second-order valence-corrected chi connectivity index (χ2v) is 7.09. The summed E-state index contributed by atoms with van der Waals surface area (Å²) in [5.74, 6) is 1.78. The van der Waals surface area contributed by atoms with Crippen molar-refractivity contribution >= 4 is 34.2 Å². The quantitative estimate of drug-likeness (QED) is 0.244. The van der Waals surface area contributed by atoms with Gasteiger partial charge in [0, 0.05) is 12.4 Å². The summed E-state index contributed by atoms with van der Waals surface area (Å²) in [6.07, 6.45) is 3.78. The number of para-hydroxylation sites is 1. The van der Waals surface area contributed by atoms with Gasteiger partial charge < -0.3 is 14.0 Å². The zero-order chi connectivity index (χ0) is 21.6. The fraction of sp³-hybridized carbons (Fsp3) is 0.304. The number of ether oxygens (including phenoxy) is 2. The summed E-state index contributed by atoms with van der Waals surface area (Å²) >= 11 is 0. The third-order valence-corrected chi connectivity index (χ3v) is 4.91. The standard InChI is InChI=1S/C23H26N6O2/c1-4-6-13-31-19-12-11-16(14-20(19)30-5-2)15-24-27-23-25-22-21(26-28-23)17-9-7-8-10-18(17)29(22)3/h7-12,14-15H,4-6,13H2,1-3H3,(H,25,27,28)/b24-15+. The van der Waals surface area contributed by atoms with Gasteiger partial charge in [0.2, 0.25) is 0 Å². The van der Waals surface area contributed by atoms with Crippen LogP contribution in [0.25, 0.3) is 22.1 Å². The van der Waals surface area contributed by atoms with Crippen molar-refractivity contribution in [2.75, 3.05) is 18.6 Å². The van der Waals surface area contributed by atoms with Crippen LogP contribution in [0.3, 0.4) is 0 Å². The van der Waals surface area contributed by atoms with Gasteiger partial charge >= 0.3 is 0 Å². The molecule has 2 aromatic carbocycles. The summed E-state index contributed by atoms with van der Waals surface area (Å²) in [5, 5.41) is 13.8. The fourth-order valence-electron chi connectivity index (χ4n) is 3.34. The number of hydrazone groups is 1. The van der Waals surface area contributed by atoms with E-state index in [9.17, 15) is 0 Å². The van der Waals surface area contributed by atoms with Crippen molar-refractivity contribution in [2.45, 2.75) is 26.7 Å². The zero-order valence-corrected chi connectivity index (χ0v) is 18.0. The first kappa shape index (κ1) is 20.6. The molecule has 0 saturated heterocycles. The number of aromatic nitrogens is 4. The molecule has 0 aliphatic carbocycles. The number of nitrogens with one attached hydrogen (secondary N) is 1. The molecule has 31 heavy (non-hydrogen) atoms. The number of hydrogen-bond acceptors (Lipinski definition) is 7. The predicted molar refractivity (Wildman–Crippen MR) is 123 cm³/mol. The Balaban J connectivity index is 1.51. The Labute approximate surface area is 180 Å². The Morgan fingerprint density at radius 3 is 2.77 bits per heavy atom. The zero-order valence-electron chi connectivity index (χ0n) is 18.0. The molecule has 1 N–H and O–H groups in total. The third-order valence-electron chi connectivity index (χ3n) is 4.91. The van der Waals surface area contributed by atoms with E-state index >= 15 is 0 Å². The van der Waals surface area contributed by atoms with E-state index in [4.69, 9.17) is 9.47 Å². The molecule has 0 aliphatic rings. The van der Waals surface area contributed by atoms with E-state index in [-0.39, 0.29) is 0 Å². The topological polar surface area (TPSA) is 86.5 Å². The highest BCUT2D eigenvalue weighted by atomic mass is 16.5. The van der Waals surface area contributed by atoms with E-state index in [1.54, 1.807) is 6.21 Å². The molecule has 0 bridgehead atoms. The highest BCUT2D eigenvalue weighted by molar-refractivity contribution is 6.04. The molecule has 2 heterocycles. The molecule has 0 aliphatic heterocycles. The van der Waals surface area contributed by atoms with Crippen LogP contribution in [0.15, 0.2) is 47.6 Å². The molecule has 8 nitrogen and oxygen atoms in total. The molecular weight excluding hydrogens is 392 g/mol. The van der Waals surface area contributed by atoms with E-state index in [0.717, 1.165) is 46.2 Å². The average molecular weight is 419 g/mol. The molecule has 8 heteroatoms. The summed E-state index contributed by atoms with van der Waals surface area (Å²) in [4.78, 5) is 4.57. The fourth-order valence-corrected chi connectivity index (χ4v) is 3.34. The second-order valence-electron chi connectivity index (χ2n) is 7.09. The molecule has 0 spiro atoms. The van der Waals surface area contributed by atoms with Gasteiger partial charge in [-0.05, 0) is 43.2 Å². The smallest absolute Gasteiger partial charge is 0.265 e. The van der Waals surface area contributed by atoms with Crippen LogP contribution >= 0.6 is 0 Å². The minimum Gasteiger partial charge on any atom is -0.490 e. The maximum absolute atomic E-state index is 5.82. The van der Waals surface area contributed by atoms with Crippen LogP contribution in [0.4, 0.5) is 5.95 Å². The van der Waals surface area contributed by atoms with Crippen LogP contribution in [0.2, 0.25) is 0 Å². The summed E-state index contributed by atoms with van der Waals surface area (Å²) in [6.45, 7) is 5.32. The van der Waals surface area contributed by atoms with E-state index < -0.39 is 0 Å². The number of nitrogens with zero attached hydrogens (tertiary/aromatic N) is 5. The van der Waals surface area contributed by atoms with Gasteiger partial charge in [-0.1, -0.05) is 31.5 Å². The summed E-state index contributed by atoms with van der Waals surface area (Å²) in [7, 11) is 1.96. The van der Waals surface area contributed by atoms with Crippen molar-refractivity contribution in [3.8, 4) is 11.5 Å². The van der Waals surface area contributed by atoms with Gasteiger partial charge in [-0.15, -0.1) is 10.2 Å². The van der Waals surface area contributed by atoms with Gasteiger partial charge in [-0.2, -0.15) is 10.1 Å². The van der Waals surface area contributed by atoms with E-state index in [2.05, 4.69) is 32.6 Å². The van der Waals surface area contributed by atoms with Crippen LogP contribution in [0.5, 0.6) is 11.5 Å². The second kappa shape index (κ2) is 9.42. The molecule has 0 saturated carbocycles. The van der Waals surface area contributed by atoms with Gasteiger partial charge in [0.05, 0.1) is 24.9 Å². The average Bonchev–Trinajstić information content (AvgIpc) is 3.07. The molecule has 0 fully saturated rings. The Kier molecular flexibility index (Phi) is 6.26. The van der Waals surface area contributed by atoms with Crippen molar-refractivity contribution in [1.82, 2.24) is 19.7 Å². The molecule has 0 radical (unpaired) electrons. The first-order chi connectivity index (χ1) is 15.2. The van der Waals surface area contributed by atoms with Gasteiger partial charge in [-0.25, -0.2) is 5.43 Å². The first-order valence-electron chi connectivity index (χ1n) is 10.5. The lowest BCUT2D eigenvalue weighted by atomic mass is 10.2. The Hall–Kier alpha value is -3.68. The van der Waals surface area contributed by atoms with Crippen molar-refractivity contribution in [2.24, 2.45) is 12.1 Å². The lowest BCUT2D eigenvalue weighted by molar-refractivity contribution is 0.272. The lowest BCUT2D eigenvalue weighted by Crippen LogP contribution is -2.02. The number of rotatable bonds is 9. The van der Waals surface area contributed by atoms with E-state index in [1.807, 2.05) is 61.0 Å². The van der Waals surface area contributed by atoms with Gasteiger partial charge in [0.1, 0.15) is 5.52 Å². The monoisotopic (exact) mass is 418 g/mol. The Bertz CT molecular complexity index is 1220. The Morgan fingerprint density at radius 1 is 1.06 bits per heavy atom. The summed E-state index contributed by atoms with van der Waals surface area (Å²) in [6, 6.07) is 13.8. The molecule has 0 atom stereocenters. The van der Waals surface area contributed by atoms with Crippen LogP contribution in [-0.2, 0) is 7.05 Å². The van der Waals surface area contributed by atoms with Crippen LogP contribution in [-0.4, -0.2) is 39.2 Å². The number of aryl methyl sites for hydroxylation is 1. The van der Waals surface area contributed by atoms with Gasteiger partial charge in [0.25, 0.3) is 5.95 Å². The minimum atomic E-state index is 0.333. The number of unbranched alkanes of at least 4 members (excludes halogenated alkanes) is 1. The van der Waals surface area contributed by atoms with Gasteiger partial charge in [0.15, 0.2) is 17.1 Å². The van der Waals surface area contributed by atoms with Gasteiger partial charge in [-0.3, -0.25) is 0 Å². The predicted octanol–water partition coefficient (Wildman–Crippen LogP) is 4.54. The molecule has 4 rings (SSSR count). The molecular formula is C23H26N6O2. The summed E-state index contributed by atoms with van der Waals surface area (Å²) < 4.78 is 13.5. The SMILES string of the molecule is CCCCOc1ccc(/C=N/Nc2nnc3c4ccccc4n(C)c3n2)cc1OCC. The maximum Gasteiger partial charge on any atom is 0.265 e. The normalized spacial score (nSPS) is 11.5. The molecule has 4 aromatic rings. The number of benzene rings is 2. The molecule has 160 valence electrons. The maximum atomic E-state index is 5.82. The largest absolute Gasteiger partial charge is 0.490 e. The van der Waals surface area contributed by atoms with Crippen molar-refractivity contribution in [1.29, 1.82) is 0 Å². The summed E-state index contributed by atoms with van der Waals surface area (Å²) in [5.41, 5.74) is 6.32. The third kappa shape index (κ3) is 4.42. The molecule has 0 amide bonds. The van der Waals surface area contributed by atoms with Crippen LogP contribution in [0.1, 0.15) is 32.3 Å². The lowest BCUT2D eigenvalue weighted by Gasteiger charge is -2.12. The molecule has 2 aromatic heterocycles. The highest BCUT2D eigenvalue weighted by Crippen LogP contribution is 2.28. The first-order valence-corrected chi connectivity index (χ1v) is 10.5. The van der Waals surface area contributed by atoms with Crippen LogP contribution in [0, 0.1) is 0 Å². The highest BCUT2D eigenvalue weighted by Gasteiger charge is 2.12. The van der Waals surface area contributed by atoms with Crippen molar-refractivity contribution in [3.63, 3.8) is 0 Å². The molecule has 0 unspecified atom stereocenters. The Morgan fingerprint density at radius 2 is 1.94 bits per heavy atom. The van der Waals surface area contributed by atoms with Crippen molar-refractivity contribution in [3.05, 3.63) is 48.0 Å². The van der Waals surface area contributed by atoms with Crippen molar-refractivity contribution < 1.29 is 9.47 Å². The van der Waals surface area contributed by atoms with Crippen LogP contribution < -0.4 is 14.9 Å². The minimum absolute atomic E-state index is 0.333. The van der Waals surface area contributed by atoms with E-state index in [1.165, 1.54) is 0 Å². The number of fused-ring (bicyclic) bond motifs is 3. The number of anilines is 1.